The van der Waals surface area contributed by atoms with Crippen LogP contribution in [0.1, 0.15) is 24.4 Å². The molecule has 2 amide bonds. The van der Waals surface area contributed by atoms with Crippen LogP contribution in [0.4, 0.5) is 5.13 Å². The molecular formula is C10H13N3O2S. The van der Waals surface area contributed by atoms with Crippen molar-refractivity contribution in [3.05, 3.63) is 10.6 Å². The summed E-state index contributed by atoms with van der Waals surface area (Å²) < 4.78 is 0. The molecule has 0 fully saturated rings. The van der Waals surface area contributed by atoms with Gasteiger partial charge in [-0.1, -0.05) is 11.3 Å². The van der Waals surface area contributed by atoms with E-state index in [2.05, 4.69) is 10.3 Å². The number of nitrogens with zero attached hydrogens (tertiary/aromatic N) is 2. The molecule has 2 rings (SSSR count). The lowest BCUT2D eigenvalue weighted by molar-refractivity contribution is -0.129. The van der Waals surface area contributed by atoms with Crippen LogP contribution in [0.3, 0.4) is 0 Å². The van der Waals surface area contributed by atoms with Gasteiger partial charge in [0.1, 0.15) is 0 Å². The molecule has 0 atom stereocenters. The van der Waals surface area contributed by atoms with E-state index in [-0.39, 0.29) is 11.8 Å². The maximum absolute atomic E-state index is 11.2. The second-order valence-corrected chi connectivity index (χ2v) is 4.84. The summed E-state index contributed by atoms with van der Waals surface area (Å²) in [5.74, 6) is -0.0327. The number of nitrogens with one attached hydrogen (secondary N) is 1. The van der Waals surface area contributed by atoms with E-state index in [1.807, 2.05) is 0 Å². The Morgan fingerprint density at radius 2 is 2.19 bits per heavy atom. The van der Waals surface area contributed by atoms with Crippen molar-refractivity contribution in [1.82, 2.24) is 9.88 Å². The van der Waals surface area contributed by atoms with Crippen molar-refractivity contribution in [3.63, 3.8) is 0 Å². The maximum atomic E-state index is 11.2. The average molecular weight is 239 g/mol. The lowest BCUT2D eigenvalue weighted by Gasteiger charge is -2.24. The van der Waals surface area contributed by atoms with Gasteiger partial charge in [-0.25, -0.2) is 4.98 Å². The van der Waals surface area contributed by atoms with Crippen LogP contribution < -0.4 is 5.32 Å². The second kappa shape index (κ2) is 4.21. The third-order valence-electron chi connectivity index (χ3n) is 2.46. The van der Waals surface area contributed by atoms with E-state index in [9.17, 15) is 9.59 Å². The lowest BCUT2D eigenvalue weighted by atomic mass is 10.2. The van der Waals surface area contributed by atoms with Crippen LogP contribution in [0.2, 0.25) is 0 Å². The maximum Gasteiger partial charge on any atom is 0.223 e. The van der Waals surface area contributed by atoms with Gasteiger partial charge >= 0.3 is 0 Å². The van der Waals surface area contributed by atoms with Crippen LogP contribution in [-0.4, -0.2) is 28.2 Å². The molecule has 0 aliphatic carbocycles. The normalized spacial score (nSPS) is 14.5. The summed E-state index contributed by atoms with van der Waals surface area (Å²) in [6, 6.07) is 0. The van der Waals surface area contributed by atoms with Gasteiger partial charge in [-0.2, -0.15) is 0 Å². The smallest absolute Gasteiger partial charge is 0.223 e. The Morgan fingerprint density at radius 3 is 2.81 bits per heavy atom. The number of carbonyl (C=O) groups is 2. The highest BCUT2D eigenvalue weighted by Crippen LogP contribution is 2.28. The first-order valence-corrected chi connectivity index (χ1v) is 5.89. The SMILES string of the molecule is CC(=O)Nc1nc2c(s1)CN(C(C)=O)CC2. The van der Waals surface area contributed by atoms with Gasteiger partial charge < -0.3 is 10.2 Å². The summed E-state index contributed by atoms with van der Waals surface area (Å²) in [5.41, 5.74) is 1.01. The van der Waals surface area contributed by atoms with Crippen LogP contribution in [-0.2, 0) is 22.6 Å². The molecule has 5 nitrogen and oxygen atoms in total. The molecular weight excluding hydrogens is 226 g/mol. The van der Waals surface area contributed by atoms with Gasteiger partial charge in [0.15, 0.2) is 5.13 Å². The third kappa shape index (κ3) is 2.21. The standard InChI is InChI=1S/C10H13N3O2S/c1-6(14)11-10-12-8-3-4-13(7(2)15)5-9(8)16-10/h3-5H2,1-2H3,(H,11,12,14). The van der Waals surface area contributed by atoms with Crippen molar-refractivity contribution >= 4 is 28.3 Å². The number of thiazole rings is 1. The molecule has 6 heteroatoms. The van der Waals surface area contributed by atoms with Crippen LogP contribution in [0.15, 0.2) is 0 Å². The Hall–Kier alpha value is -1.43. The van der Waals surface area contributed by atoms with Gasteiger partial charge in [0.2, 0.25) is 11.8 Å². The molecule has 1 N–H and O–H groups in total. The van der Waals surface area contributed by atoms with Crippen molar-refractivity contribution < 1.29 is 9.59 Å². The number of hydrogen-bond donors (Lipinski definition) is 1. The number of fused-ring (bicyclic) bond motifs is 1. The van der Waals surface area contributed by atoms with Gasteiger partial charge in [0.05, 0.1) is 12.2 Å². The fourth-order valence-electron chi connectivity index (χ4n) is 1.67. The molecule has 1 aliphatic rings. The molecule has 2 heterocycles. The molecule has 1 aliphatic heterocycles. The van der Waals surface area contributed by atoms with E-state index in [0.717, 1.165) is 17.0 Å². The van der Waals surface area contributed by atoms with Crippen molar-refractivity contribution in [1.29, 1.82) is 0 Å². The average Bonchev–Trinajstić information content (AvgIpc) is 2.56. The number of anilines is 1. The molecule has 0 saturated heterocycles. The monoisotopic (exact) mass is 239 g/mol. The first-order chi connectivity index (χ1) is 7.56. The number of carbonyl (C=O) groups excluding carboxylic acids is 2. The first kappa shape index (κ1) is 11.1. The zero-order valence-corrected chi connectivity index (χ0v) is 10.1. The van der Waals surface area contributed by atoms with Crippen molar-refractivity contribution in [3.8, 4) is 0 Å². The topological polar surface area (TPSA) is 62.3 Å². The van der Waals surface area contributed by atoms with Crippen LogP contribution in [0, 0.1) is 0 Å². The zero-order valence-electron chi connectivity index (χ0n) is 9.24. The highest BCUT2D eigenvalue weighted by Gasteiger charge is 2.22. The molecule has 0 radical (unpaired) electrons. The molecule has 1 aromatic rings. The molecule has 0 saturated carbocycles. The van der Waals surface area contributed by atoms with Gasteiger partial charge in [0, 0.05) is 31.7 Å². The quantitative estimate of drug-likeness (QED) is 0.795. The van der Waals surface area contributed by atoms with Crippen molar-refractivity contribution in [2.75, 3.05) is 11.9 Å². The molecule has 1 aromatic heterocycles. The highest BCUT2D eigenvalue weighted by molar-refractivity contribution is 7.15. The zero-order chi connectivity index (χ0) is 11.7. The highest BCUT2D eigenvalue weighted by atomic mass is 32.1. The molecule has 16 heavy (non-hydrogen) atoms. The predicted molar refractivity (Wildman–Crippen MR) is 61.2 cm³/mol. The van der Waals surface area contributed by atoms with Crippen LogP contribution >= 0.6 is 11.3 Å². The Kier molecular flexibility index (Phi) is 2.91. The van der Waals surface area contributed by atoms with E-state index in [1.54, 1.807) is 11.8 Å². The van der Waals surface area contributed by atoms with Crippen molar-refractivity contribution in [2.45, 2.75) is 26.8 Å². The Balaban J connectivity index is 2.16. The van der Waals surface area contributed by atoms with Gasteiger partial charge in [-0.05, 0) is 0 Å². The molecule has 0 unspecified atom stereocenters. The summed E-state index contributed by atoms with van der Waals surface area (Å²) in [6.45, 7) is 4.36. The summed E-state index contributed by atoms with van der Waals surface area (Å²) in [5, 5.41) is 3.30. The second-order valence-electron chi connectivity index (χ2n) is 3.76. The van der Waals surface area contributed by atoms with E-state index in [1.165, 1.54) is 18.3 Å². The third-order valence-corrected chi connectivity index (χ3v) is 3.46. The minimum Gasteiger partial charge on any atom is -0.337 e. The molecule has 0 bridgehead atoms. The largest absolute Gasteiger partial charge is 0.337 e. The number of rotatable bonds is 1. The molecule has 0 spiro atoms. The predicted octanol–water partition coefficient (Wildman–Crippen LogP) is 1.01. The number of aromatic nitrogens is 1. The first-order valence-electron chi connectivity index (χ1n) is 5.08. The number of amides is 2. The van der Waals surface area contributed by atoms with E-state index >= 15 is 0 Å². The lowest BCUT2D eigenvalue weighted by Crippen LogP contribution is -2.33. The Morgan fingerprint density at radius 1 is 1.44 bits per heavy atom. The minimum atomic E-state index is -0.116. The fourth-order valence-corrected chi connectivity index (χ4v) is 2.74. The van der Waals surface area contributed by atoms with E-state index in [0.29, 0.717) is 18.2 Å². The minimum absolute atomic E-state index is 0.0835. The van der Waals surface area contributed by atoms with E-state index in [4.69, 9.17) is 0 Å². The summed E-state index contributed by atoms with van der Waals surface area (Å²) in [7, 11) is 0. The van der Waals surface area contributed by atoms with Crippen LogP contribution in [0.5, 0.6) is 0 Å². The molecule has 0 aromatic carbocycles. The summed E-state index contributed by atoms with van der Waals surface area (Å²) in [4.78, 5) is 29.3. The van der Waals surface area contributed by atoms with Gasteiger partial charge in [-0.15, -0.1) is 0 Å². The number of hydrogen-bond acceptors (Lipinski definition) is 4. The van der Waals surface area contributed by atoms with Crippen molar-refractivity contribution in [2.24, 2.45) is 0 Å². The van der Waals surface area contributed by atoms with E-state index < -0.39 is 0 Å². The summed E-state index contributed by atoms with van der Waals surface area (Å²) in [6.07, 6.45) is 0.769. The Bertz CT molecular complexity index is 441. The van der Waals surface area contributed by atoms with Gasteiger partial charge in [-0.3, -0.25) is 9.59 Å². The Labute approximate surface area is 97.5 Å². The van der Waals surface area contributed by atoms with Gasteiger partial charge in [0.25, 0.3) is 0 Å². The summed E-state index contributed by atoms with van der Waals surface area (Å²) >= 11 is 1.45. The fraction of sp³-hybridized carbons (Fsp3) is 0.500. The molecule has 86 valence electrons. The van der Waals surface area contributed by atoms with Crippen LogP contribution in [0.25, 0.3) is 0 Å².